The van der Waals surface area contributed by atoms with Gasteiger partial charge >= 0.3 is 17.9 Å². The first-order valence-electron chi connectivity index (χ1n) is 33.0. The topological polar surface area (TPSA) is 78.9 Å². The number of unbranched alkanes of at least 4 members (excludes halogenated alkanes) is 51. The van der Waals surface area contributed by atoms with Gasteiger partial charge in [0.2, 0.25) is 0 Å². The van der Waals surface area contributed by atoms with Crippen molar-refractivity contribution in [3.63, 3.8) is 0 Å². The van der Waals surface area contributed by atoms with Crippen LogP contribution in [0.2, 0.25) is 0 Å². The average molecular weight is 1020 g/mol. The van der Waals surface area contributed by atoms with E-state index in [1.165, 1.54) is 289 Å². The number of ether oxygens (including phenoxy) is 3. The number of esters is 3. The third-order valence-corrected chi connectivity index (χ3v) is 15.4. The fourth-order valence-corrected chi connectivity index (χ4v) is 10.4. The van der Waals surface area contributed by atoms with E-state index in [1.807, 2.05) is 0 Å². The predicted molar refractivity (Wildman–Crippen MR) is 312 cm³/mol. The second kappa shape index (κ2) is 62.0. The molecule has 6 heteroatoms. The van der Waals surface area contributed by atoms with Gasteiger partial charge in [-0.15, -0.1) is 0 Å². The normalized spacial score (nSPS) is 11.9. The van der Waals surface area contributed by atoms with Crippen LogP contribution in [0.15, 0.2) is 0 Å². The zero-order valence-electron chi connectivity index (χ0n) is 49.2. The molecular weight excluding hydrogens is 889 g/mol. The summed E-state index contributed by atoms with van der Waals surface area (Å²) in [5.41, 5.74) is 0. The van der Waals surface area contributed by atoms with Gasteiger partial charge in [-0.05, 0) is 19.3 Å². The summed E-state index contributed by atoms with van der Waals surface area (Å²) in [5, 5.41) is 0. The third kappa shape index (κ3) is 59.3. The second-order valence-corrected chi connectivity index (χ2v) is 22.8. The summed E-state index contributed by atoms with van der Waals surface area (Å²) in [4.78, 5) is 38.2. The molecule has 1 atom stereocenters. The van der Waals surface area contributed by atoms with Crippen molar-refractivity contribution >= 4 is 17.9 Å². The fourth-order valence-electron chi connectivity index (χ4n) is 10.4. The zero-order chi connectivity index (χ0) is 52.2. The van der Waals surface area contributed by atoms with Crippen molar-refractivity contribution in [1.29, 1.82) is 0 Å². The number of carbonyl (C=O) groups excluding carboxylic acids is 3. The molecule has 0 saturated heterocycles. The van der Waals surface area contributed by atoms with E-state index in [9.17, 15) is 14.4 Å². The Kier molecular flexibility index (Phi) is 60.6. The lowest BCUT2D eigenvalue weighted by molar-refractivity contribution is -0.167. The van der Waals surface area contributed by atoms with Crippen molar-refractivity contribution in [2.24, 2.45) is 0 Å². The summed E-state index contributed by atoms with van der Waals surface area (Å²) in [6.45, 7) is 6.71. The lowest BCUT2D eigenvalue weighted by Gasteiger charge is -2.18. The summed E-state index contributed by atoms with van der Waals surface area (Å²) in [6.07, 6.45) is 71.4. The summed E-state index contributed by atoms with van der Waals surface area (Å²) in [7, 11) is 0. The Balaban J connectivity index is 4.02. The molecule has 0 saturated carbocycles. The first-order valence-corrected chi connectivity index (χ1v) is 33.0. The Morgan fingerprint density at radius 1 is 0.222 bits per heavy atom. The lowest BCUT2D eigenvalue weighted by atomic mass is 10.0. The summed E-state index contributed by atoms with van der Waals surface area (Å²) < 4.78 is 16.9. The molecule has 428 valence electrons. The average Bonchev–Trinajstić information content (AvgIpc) is 3.38. The van der Waals surface area contributed by atoms with Crippen LogP contribution >= 0.6 is 0 Å². The molecule has 6 nitrogen and oxygen atoms in total. The largest absolute Gasteiger partial charge is 0.462 e. The van der Waals surface area contributed by atoms with E-state index in [0.717, 1.165) is 57.8 Å². The van der Waals surface area contributed by atoms with Crippen LogP contribution in [0.5, 0.6) is 0 Å². The van der Waals surface area contributed by atoms with E-state index in [1.54, 1.807) is 0 Å². The van der Waals surface area contributed by atoms with Crippen molar-refractivity contribution in [1.82, 2.24) is 0 Å². The molecule has 0 aliphatic rings. The van der Waals surface area contributed by atoms with Gasteiger partial charge < -0.3 is 14.2 Å². The van der Waals surface area contributed by atoms with E-state index >= 15 is 0 Å². The van der Waals surface area contributed by atoms with Crippen LogP contribution in [-0.2, 0) is 28.6 Å². The lowest BCUT2D eigenvalue weighted by Crippen LogP contribution is -2.30. The molecule has 0 bridgehead atoms. The van der Waals surface area contributed by atoms with E-state index in [2.05, 4.69) is 20.8 Å². The molecule has 0 aliphatic carbocycles. The molecule has 0 radical (unpaired) electrons. The Morgan fingerprint density at radius 3 is 0.556 bits per heavy atom. The first-order chi connectivity index (χ1) is 35.5. The maximum absolute atomic E-state index is 12.8. The molecule has 0 aromatic carbocycles. The molecule has 0 N–H and O–H groups in total. The monoisotopic (exact) mass is 1020 g/mol. The SMILES string of the molecule is CCCCCCCCCCCCCCCCCCCCCCCCCCCCCCCCC(=O)OCC(COC(=O)CCCCCCCCCCCCC)OC(=O)CCCCCCCCCCCCCCC. The molecule has 0 heterocycles. The molecule has 0 rings (SSSR count). The minimum absolute atomic E-state index is 0.0610. The van der Waals surface area contributed by atoms with E-state index in [-0.39, 0.29) is 31.1 Å². The van der Waals surface area contributed by atoms with Crippen LogP contribution in [0.1, 0.15) is 387 Å². The fraction of sp³-hybridized carbons (Fsp3) is 0.955. The molecular formula is C66H128O6. The van der Waals surface area contributed by atoms with Crippen LogP contribution < -0.4 is 0 Å². The zero-order valence-corrected chi connectivity index (χ0v) is 49.2. The molecule has 0 spiro atoms. The smallest absolute Gasteiger partial charge is 0.306 e. The number of hydrogen-bond donors (Lipinski definition) is 0. The van der Waals surface area contributed by atoms with Gasteiger partial charge in [0.15, 0.2) is 6.10 Å². The van der Waals surface area contributed by atoms with E-state index in [0.29, 0.717) is 19.3 Å². The van der Waals surface area contributed by atoms with E-state index < -0.39 is 6.10 Å². The van der Waals surface area contributed by atoms with Gasteiger partial charge in [-0.3, -0.25) is 14.4 Å². The van der Waals surface area contributed by atoms with Gasteiger partial charge in [0.1, 0.15) is 13.2 Å². The van der Waals surface area contributed by atoms with Gasteiger partial charge in [0, 0.05) is 19.3 Å². The van der Waals surface area contributed by atoms with Gasteiger partial charge in [-0.25, -0.2) is 0 Å². The highest BCUT2D eigenvalue weighted by Crippen LogP contribution is 2.19. The highest BCUT2D eigenvalue weighted by atomic mass is 16.6. The minimum atomic E-state index is -0.761. The molecule has 0 aromatic rings. The quantitative estimate of drug-likeness (QED) is 0.0343. The standard InChI is InChI=1S/C66H128O6/c1-4-7-10-13-16-19-22-24-25-26-27-28-29-30-31-32-33-34-35-36-37-38-39-40-42-44-47-50-53-56-59-65(68)71-62-63(61-70-64(67)58-55-52-49-46-43-21-18-15-12-9-6-3)72-66(69)60-57-54-51-48-45-41-23-20-17-14-11-8-5-2/h63H,4-62H2,1-3H3. The molecule has 1 unspecified atom stereocenters. The highest BCUT2D eigenvalue weighted by molar-refractivity contribution is 5.71. The Hall–Kier alpha value is -1.59. The van der Waals surface area contributed by atoms with Gasteiger partial charge in [-0.1, -0.05) is 348 Å². The number of rotatable bonds is 62. The first kappa shape index (κ1) is 70.4. The summed E-state index contributed by atoms with van der Waals surface area (Å²) in [6, 6.07) is 0. The number of hydrogen-bond acceptors (Lipinski definition) is 6. The van der Waals surface area contributed by atoms with Crippen molar-refractivity contribution in [2.75, 3.05) is 13.2 Å². The second-order valence-electron chi connectivity index (χ2n) is 22.8. The maximum atomic E-state index is 12.8. The maximum Gasteiger partial charge on any atom is 0.306 e. The van der Waals surface area contributed by atoms with Crippen LogP contribution in [0.3, 0.4) is 0 Å². The Labute approximate surface area is 450 Å². The van der Waals surface area contributed by atoms with Gasteiger partial charge in [-0.2, -0.15) is 0 Å². The van der Waals surface area contributed by atoms with Gasteiger partial charge in [0.25, 0.3) is 0 Å². The summed E-state index contributed by atoms with van der Waals surface area (Å²) >= 11 is 0. The van der Waals surface area contributed by atoms with Crippen molar-refractivity contribution in [2.45, 2.75) is 393 Å². The third-order valence-electron chi connectivity index (χ3n) is 15.4. The van der Waals surface area contributed by atoms with Crippen molar-refractivity contribution in [3.05, 3.63) is 0 Å². The molecule has 0 aliphatic heterocycles. The van der Waals surface area contributed by atoms with Gasteiger partial charge in [0.05, 0.1) is 0 Å². The molecule has 0 aromatic heterocycles. The molecule has 0 fully saturated rings. The Bertz CT molecular complexity index is 1080. The van der Waals surface area contributed by atoms with Crippen molar-refractivity contribution < 1.29 is 28.6 Å². The number of carbonyl (C=O) groups is 3. The minimum Gasteiger partial charge on any atom is -0.462 e. The molecule has 0 amide bonds. The Morgan fingerprint density at radius 2 is 0.375 bits per heavy atom. The van der Waals surface area contributed by atoms with Crippen LogP contribution in [0.4, 0.5) is 0 Å². The highest BCUT2D eigenvalue weighted by Gasteiger charge is 2.19. The van der Waals surface area contributed by atoms with E-state index in [4.69, 9.17) is 14.2 Å². The summed E-state index contributed by atoms with van der Waals surface area (Å²) in [5.74, 6) is -0.831. The predicted octanol–water partition coefficient (Wildman–Crippen LogP) is 22.3. The van der Waals surface area contributed by atoms with Crippen LogP contribution in [0.25, 0.3) is 0 Å². The van der Waals surface area contributed by atoms with Crippen LogP contribution in [-0.4, -0.2) is 37.2 Å². The van der Waals surface area contributed by atoms with Crippen molar-refractivity contribution in [3.8, 4) is 0 Å². The molecule has 72 heavy (non-hydrogen) atoms. The van der Waals surface area contributed by atoms with Crippen LogP contribution in [0, 0.1) is 0 Å².